The molecule has 7 nitrogen and oxygen atoms in total. The topological polar surface area (TPSA) is 89.9 Å². The fraction of sp³-hybridized carbons (Fsp3) is 0.231. The van der Waals surface area contributed by atoms with Crippen molar-refractivity contribution < 1.29 is 24.1 Å². The van der Waals surface area contributed by atoms with Crippen molar-refractivity contribution in [3.63, 3.8) is 0 Å². The first-order chi connectivity index (χ1) is 16.6. The summed E-state index contributed by atoms with van der Waals surface area (Å²) < 4.78 is 17.9. The van der Waals surface area contributed by atoms with Gasteiger partial charge in [-0.3, -0.25) is 4.79 Å². The minimum atomic E-state index is -0.849. The first kappa shape index (κ1) is 22.0. The van der Waals surface area contributed by atoms with Gasteiger partial charge >= 0.3 is 5.97 Å². The van der Waals surface area contributed by atoms with E-state index in [1.807, 2.05) is 67.0 Å². The number of thiophene rings is 1. The Kier molecular flexibility index (Phi) is 6.22. The average Bonchev–Trinajstić information content (AvgIpc) is 3.49. The van der Waals surface area contributed by atoms with Crippen molar-refractivity contribution in [2.45, 2.75) is 18.8 Å². The molecule has 2 aromatic heterocycles. The third-order valence-electron chi connectivity index (χ3n) is 5.82. The second-order valence-electron chi connectivity index (χ2n) is 7.97. The normalized spacial score (nSPS) is 13.1. The smallest absolute Gasteiger partial charge is 0.304 e. The average molecular weight is 477 g/mol. The molecule has 1 unspecified atom stereocenters. The van der Waals surface area contributed by atoms with Crippen molar-refractivity contribution >= 4 is 33.2 Å². The molecule has 0 fully saturated rings. The summed E-state index contributed by atoms with van der Waals surface area (Å²) in [6.07, 6.45) is 0.691. The van der Waals surface area contributed by atoms with Gasteiger partial charge in [-0.15, -0.1) is 11.3 Å². The number of pyridine rings is 1. The van der Waals surface area contributed by atoms with E-state index < -0.39 is 5.97 Å². The second-order valence-corrected chi connectivity index (χ2v) is 8.89. The number of aliphatic carboxylic acids is 1. The van der Waals surface area contributed by atoms with Gasteiger partial charge in [-0.25, -0.2) is 4.98 Å². The van der Waals surface area contributed by atoms with Crippen LogP contribution in [0, 0.1) is 0 Å². The molecule has 0 saturated heterocycles. The van der Waals surface area contributed by atoms with Crippen LogP contribution in [-0.4, -0.2) is 36.5 Å². The molecule has 0 aliphatic carbocycles. The number of anilines is 1. The number of nitrogens with zero attached hydrogens (tertiary/aromatic N) is 1. The van der Waals surface area contributed by atoms with Crippen LogP contribution in [0.5, 0.6) is 17.2 Å². The predicted octanol–water partition coefficient (Wildman–Crippen LogP) is 5.29. The maximum atomic E-state index is 11.7. The van der Waals surface area contributed by atoms with Gasteiger partial charge in [0.15, 0.2) is 11.5 Å². The van der Waals surface area contributed by atoms with E-state index in [1.165, 1.54) is 0 Å². The van der Waals surface area contributed by atoms with Gasteiger partial charge in [0, 0.05) is 29.8 Å². The molecule has 1 atom stereocenters. The molecular formula is C26H24N2O5S. The summed E-state index contributed by atoms with van der Waals surface area (Å²) in [6.45, 7) is 0.701. The van der Waals surface area contributed by atoms with Crippen LogP contribution in [0.2, 0.25) is 0 Å². The predicted molar refractivity (Wildman–Crippen MR) is 131 cm³/mol. The van der Waals surface area contributed by atoms with Crippen LogP contribution in [-0.2, 0) is 11.2 Å². The summed E-state index contributed by atoms with van der Waals surface area (Å²) in [5.41, 5.74) is 2.84. The Hall–Kier alpha value is -3.78. The summed E-state index contributed by atoms with van der Waals surface area (Å²) in [4.78, 5) is 16.2. The van der Waals surface area contributed by atoms with E-state index in [0.717, 1.165) is 38.5 Å². The van der Waals surface area contributed by atoms with Crippen LogP contribution in [0.25, 0.3) is 10.1 Å². The van der Waals surface area contributed by atoms with Gasteiger partial charge < -0.3 is 24.6 Å². The number of nitrogens with one attached hydrogen (secondary N) is 1. The molecule has 1 aliphatic rings. The van der Waals surface area contributed by atoms with E-state index in [0.29, 0.717) is 24.5 Å². The number of carbonyl (C=O) groups is 1. The van der Waals surface area contributed by atoms with Crippen LogP contribution in [0.3, 0.4) is 0 Å². The van der Waals surface area contributed by atoms with E-state index in [1.54, 1.807) is 11.3 Å². The first-order valence-corrected chi connectivity index (χ1v) is 11.9. The molecule has 0 bridgehead atoms. The van der Waals surface area contributed by atoms with Crippen molar-refractivity contribution in [2.24, 2.45) is 0 Å². The van der Waals surface area contributed by atoms with Gasteiger partial charge in [-0.05, 0) is 64.4 Å². The van der Waals surface area contributed by atoms with Crippen molar-refractivity contribution in [1.29, 1.82) is 0 Å². The molecule has 1 aliphatic heterocycles. The monoisotopic (exact) mass is 476 g/mol. The van der Waals surface area contributed by atoms with Crippen LogP contribution in [0.15, 0.2) is 60.0 Å². The van der Waals surface area contributed by atoms with E-state index in [2.05, 4.69) is 10.3 Å². The van der Waals surface area contributed by atoms with Gasteiger partial charge in [0.25, 0.3) is 0 Å². The van der Waals surface area contributed by atoms with Gasteiger partial charge in [-0.1, -0.05) is 12.1 Å². The fourth-order valence-electron chi connectivity index (χ4n) is 4.13. The van der Waals surface area contributed by atoms with Crippen molar-refractivity contribution in [1.82, 2.24) is 4.98 Å². The molecule has 34 heavy (non-hydrogen) atoms. The Bertz CT molecular complexity index is 1340. The van der Waals surface area contributed by atoms with E-state index in [-0.39, 0.29) is 19.1 Å². The first-order valence-electron chi connectivity index (χ1n) is 11.0. The zero-order valence-corrected chi connectivity index (χ0v) is 19.4. The van der Waals surface area contributed by atoms with Gasteiger partial charge in [-0.2, -0.15) is 0 Å². The molecule has 0 radical (unpaired) electrons. The Morgan fingerprint density at radius 3 is 2.91 bits per heavy atom. The Morgan fingerprint density at radius 1 is 1.18 bits per heavy atom. The van der Waals surface area contributed by atoms with Gasteiger partial charge in [0.05, 0.1) is 13.0 Å². The van der Waals surface area contributed by atoms with E-state index >= 15 is 0 Å². The largest absolute Gasteiger partial charge is 0.493 e. The third kappa shape index (κ3) is 4.63. The highest BCUT2D eigenvalue weighted by Gasteiger charge is 2.24. The zero-order chi connectivity index (χ0) is 23.5. The standard InChI is InChI=1S/C26H24N2O5S/c1-27-25-4-2-3-17(28-25)9-10-31-18-6-7-19-21(14-34-24(19)12-18)20(13-26(29)30)16-5-8-22-23(11-16)33-15-32-22/h2-8,11-12,14,20H,9-10,13,15H2,1H3,(H,27,28)(H,29,30). The highest BCUT2D eigenvalue weighted by molar-refractivity contribution is 7.17. The van der Waals surface area contributed by atoms with Crippen molar-refractivity contribution in [3.8, 4) is 17.2 Å². The maximum Gasteiger partial charge on any atom is 0.304 e. The second kappa shape index (κ2) is 9.61. The summed E-state index contributed by atoms with van der Waals surface area (Å²) in [5.74, 6) is 1.81. The molecule has 174 valence electrons. The third-order valence-corrected chi connectivity index (χ3v) is 6.78. The molecule has 3 heterocycles. The van der Waals surface area contributed by atoms with Crippen molar-refractivity contribution in [2.75, 3.05) is 25.8 Å². The summed E-state index contributed by atoms with van der Waals surface area (Å²) in [7, 11) is 1.85. The Morgan fingerprint density at radius 2 is 2.06 bits per heavy atom. The molecule has 0 spiro atoms. The summed E-state index contributed by atoms with van der Waals surface area (Å²) in [6, 6.07) is 17.5. The van der Waals surface area contributed by atoms with Crippen LogP contribution >= 0.6 is 11.3 Å². The lowest BCUT2D eigenvalue weighted by atomic mass is 9.88. The lowest BCUT2D eigenvalue weighted by Crippen LogP contribution is -2.07. The number of carboxylic acid groups (broad SMARTS) is 1. The van der Waals surface area contributed by atoms with Crippen LogP contribution in [0.1, 0.15) is 29.2 Å². The highest BCUT2D eigenvalue weighted by atomic mass is 32.1. The van der Waals surface area contributed by atoms with Crippen molar-refractivity contribution in [3.05, 3.63) is 76.8 Å². The molecular weight excluding hydrogens is 452 g/mol. The number of hydrogen-bond donors (Lipinski definition) is 2. The highest BCUT2D eigenvalue weighted by Crippen LogP contribution is 2.41. The molecule has 2 aromatic carbocycles. The number of carboxylic acids is 1. The quantitative estimate of drug-likeness (QED) is 0.339. The number of benzene rings is 2. The molecule has 0 amide bonds. The molecule has 0 saturated carbocycles. The van der Waals surface area contributed by atoms with E-state index in [9.17, 15) is 9.90 Å². The van der Waals surface area contributed by atoms with E-state index in [4.69, 9.17) is 14.2 Å². The Labute approximate surface area is 200 Å². The fourth-order valence-corrected chi connectivity index (χ4v) is 5.17. The molecule has 2 N–H and O–H groups in total. The number of hydrogen-bond acceptors (Lipinski definition) is 7. The number of aromatic nitrogens is 1. The molecule has 5 rings (SSSR count). The van der Waals surface area contributed by atoms with Crippen LogP contribution < -0.4 is 19.5 Å². The Balaban J connectivity index is 1.35. The summed E-state index contributed by atoms with van der Waals surface area (Å²) >= 11 is 1.59. The molecule has 8 heteroatoms. The minimum Gasteiger partial charge on any atom is -0.493 e. The SMILES string of the molecule is CNc1cccc(CCOc2ccc3c(C(CC(=O)O)c4ccc5c(c4)OCO5)csc3c2)n1. The maximum absolute atomic E-state index is 11.7. The lowest BCUT2D eigenvalue weighted by Gasteiger charge is -2.16. The van der Waals surface area contributed by atoms with Crippen LogP contribution in [0.4, 0.5) is 5.82 Å². The zero-order valence-electron chi connectivity index (χ0n) is 18.6. The minimum absolute atomic E-state index is 0.0115. The number of rotatable bonds is 9. The number of ether oxygens (including phenoxy) is 3. The van der Waals surface area contributed by atoms with Gasteiger partial charge in [0.2, 0.25) is 6.79 Å². The summed E-state index contributed by atoms with van der Waals surface area (Å²) in [5, 5.41) is 15.7. The number of fused-ring (bicyclic) bond motifs is 2. The van der Waals surface area contributed by atoms with Gasteiger partial charge in [0.1, 0.15) is 11.6 Å². The lowest BCUT2D eigenvalue weighted by molar-refractivity contribution is -0.137. The molecule has 4 aromatic rings.